The van der Waals surface area contributed by atoms with E-state index in [1.165, 1.54) is 24.3 Å². The van der Waals surface area contributed by atoms with Crippen LogP contribution in [0.2, 0.25) is 0 Å². The number of carbonyl (C=O) groups excluding carboxylic acids is 1. The summed E-state index contributed by atoms with van der Waals surface area (Å²) >= 11 is 0. The van der Waals surface area contributed by atoms with Crippen LogP contribution < -0.4 is 10.1 Å². The summed E-state index contributed by atoms with van der Waals surface area (Å²) in [6, 6.07) is 4.03. The Labute approximate surface area is 120 Å². The average Bonchev–Trinajstić information content (AvgIpc) is 2.43. The zero-order chi connectivity index (χ0) is 16.0. The molecule has 1 rings (SSSR count). The second-order valence-electron chi connectivity index (χ2n) is 4.58. The molecule has 2 atom stereocenters. The summed E-state index contributed by atoms with van der Waals surface area (Å²) < 4.78 is 28.2. The number of carbonyl (C=O) groups is 2. The molecule has 0 aliphatic carbocycles. The maximum absolute atomic E-state index is 12.0. The maximum Gasteiger partial charge on any atom is 0.387 e. The lowest BCUT2D eigenvalue weighted by Crippen LogP contribution is -2.45. The van der Waals surface area contributed by atoms with E-state index in [1.54, 1.807) is 6.92 Å². The van der Waals surface area contributed by atoms with Gasteiger partial charge in [-0.2, -0.15) is 8.78 Å². The standard InChI is InChI=1S/C14H17F2NO4/c1-3-8(2)11(13(19)20)17-12(18)9-4-6-10(7-5-9)21-14(15)16/h4-8,11,14H,3H2,1-2H3,(H,17,18)(H,19,20)/t8-,11-/m0/s1. The number of rotatable bonds is 7. The lowest BCUT2D eigenvalue weighted by Gasteiger charge is -2.20. The van der Waals surface area contributed by atoms with E-state index in [2.05, 4.69) is 10.1 Å². The van der Waals surface area contributed by atoms with E-state index in [4.69, 9.17) is 5.11 Å². The van der Waals surface area contributed by atoms with Crippen molar-refractivity contribution in [2.75, 3.05) is 0 Å². The molecule has 0 saturated heterocycles. The van der Waals surface area contributed by atoms with Gasteiger partial charge in [0.05, 0.1) is 0 Å². The first-order valence-electron chi connectivity index (χ1n) is 6.43. The van der Waals surface area contributed by atoms with Crippen molar-refractivity contribution in [3.63, 3.8) is 0 Å². The molecule has 21 heavy (non-hydrogen) atoms. The predicted molar refractivity (Wildman–Crippen MR) is 71.4 cm³/mol. The molecule has 0 unspecified atom stereocenters. The van der Waals surface area contributed by atoms with Crippen LogP contribution in [0.5, 0.6) is 5.75 Å². The van der Waals surface area contributed by atoms with Gasteiger partial charge in [0.15, 0.2) is 0 Å². The molecular formula is C14H17F2NO4. The lowest BCUT2D eigenvalue weighted by molar-refractivity contribution is -0.140. The lowest BCUT2D eigenvalue weighted by atomic mass is 9.99. The van der Waals surface area contributed by atoms with Crippen LogP contribution in [0.15, 0.2) is 24.3 Å². The molecule has 0 saturated carbocycles. The molecular weight excluding hydrogens is 284 g/mol. The van der Waals surface area contributed by atoms with Crippen molar-refractivity contribution in [1.29, 1.82) is 0 Å². The van der Waals surface area contributed by atoms with Gasteiger partial charge in [0.25, 0.3) is 5.91 Å². The topological polar surface area (TPSA) is 75.6 Å². The number of alkyl halides is 2. The summed E-state index contributed by atoms with van der Waals surface area (Å²) in [5, 5.41) is 11.5. The summed E-state index contributed by atoms with van der Waals surface area (Å²) in [6.45, 7) is 0.605. The van der Waals surface area contributed by atoms with Gasteiger partial charge in [-0.1, -0.05) is 20.3 Å². The molecule has 0 aromatic heterocycles. The molecule has 2 N–H and O–H groups in total. The predicted octanol–water partition coefficient (Wildman–Crippen LogP) is 2.52. The highest BCUT2D eigenvalue weighted by atomic mass is 19.3. The van der Waals surface area contributed by atoms with Gasteiger partial charge in [-0.05, 0) is 30.2 Å². The number of halogens is 2. The van der Waals surface area contributed by atoms with Crippen LogP contribution >= 0.6 is 0 Å². The van der Waals surface area contributed by atoms with E-state index in [1.807, 2.05) is 6.92 Å². The van der Waals surface area contributed by atoms with Gasteiger partial charge in [-0.25, -0.2) is 4.79 Å². The first-order valence-corrected chi connectivity index (χ1v) is 6.43. The molecule has 1 amide bonds. The number of nitrogens with one attached hydrogen (secondary N) is 1. The van der Waals surface area contributed by atoms with Gasteiger partial charge in [0, 0.05) is 5.56 Å². The molecule has 0 aliphatic heterocycles. The zero-order valence-corrected chi connectivity index (χ0v) is 11.7. The van der Waals surface area contributed by atoms with Crippen molar-refractivity contribution in [2.24, 2.45) is 5.92 Å². The van der Waals surface area contributed by atoms with Crippen molar-refractivity contribution in [3.8, 4) is 5.75 Å². The van der Waals surface area contributed by atoms with Crippen LogP contribution in [-0.2, 0) is 4.79 Å². The van der Waals surface area contributed by atoms with E-state index >= 15 is 0 Å². The van der Waals surface area contributed by atoms with Crippen molar-refractivity contribution in [2.45, 2.75) is 32.9 Å². The van der Waals surface area contributed by atoms with Crippen LogP contribution in [0.3, 0.4) is 0 Å². The van der Waals surface area contributed by atoms with Crippen molar-refractivity contribution in [1.82, 2.24) is 5.32 Å². The second-order valence-corrected chi connectivity index (χ2v) is 4.58. The smallest absolute Gasteiger partial charge is 0.387 e. The Morgan fingerprint density at radius 1 is 1.29 bits per heavy atom. The molecule has 1 aromatic carbocycles. The summed E-state index contributed by atoms with van der Waals surface area (Å²) in [5.74, 6) is -1.99. The normalized spacial score (nSPS) is 13.6. The Morgan fingerprint density at radius 3 is 2.29 bits per heavy atom. The van der Waals surface area contributed by atoms with E-state index < -0.39 is 24.5 Å². The van der Waals surface area contributed by atoms with E-state index in [0.29, 0.717) is 6.42 Å². The fourth-order valence-electron chi connectivity index (χ4n) is 1.70. The highest BCUT2D eigenvalue weighted by Gasteiger charge is 2.25. The molecule has 7 heteroatoms. The molecule has 0 heterocycles. The van der Waals surface area contributed by atoms with Crippen LogP contribution in [0, 0.1) is 5.92 Å². The fraction of sp³-hybridized carbons (Fsp3) is 0.429. The minimum absolute atomic E-state index is 0.0711. The second kappa shape index (κ2) is 7.56. The molecule has 1 aromatic rings. The number of aliphatic carboxylic acids is 1. The third kappa shape index (κ3) is 5.02. The van der Waals surface area contributed by atoms with Crippen LogP contribution in [-0.4, -0.2) is 29.6 Å². The van der Waals surface area contributed by atoms with Crippen LogP contribution in [0.25, 0.3) is 0 Å². The number of hydrogen-bond acceptors (Lipinski definition) is 3. The van der Waals surface area contributed by atoms with Gasteiger partial charge in [0.2, 0.25) is 0 Å². The number of amides is 1. The average molecular weight is 301 g/mol. The molecule has 0 bridgehead atoms. The third-order valence-electron chi connectivity index (χ3n) is 3.11. The van der Waals surface area contributed by atoms with Crippen molar-refractivity contribution in [3.05, 3.63) is 29.8 Å². The summed E-state index contributed by atoms with van der Waals surface area (Å²) in [7, 11) is 0. The number of carboxylic acid groups (broad SMARTS) is 1. The Balaban J connectivity index is 2.76. The summed E-state index contributed by atoms with van der Waals surface area (Å²) in [5.41, 5.74) is 0.172. The summed E-state index contributed by atoms with van der Waals surface area (Å²) in [4.78, 5) is 23.1. The Morgan fingerprint density at radius 2 is 1.86 bits per heavy atom. The molecule has 0 radical (unpaired) electrons. The SMILES string of the molecule is CC[C@H](C)[C@H](NC(=O)c1ccc(OC(F)F)cc1)C(=O)O. The first-order chi connectivity index (χ1) is 9.85. The maximum atomic E-state index is 12.0. The number of hydrogen-bond donors (Lipinski definition) is 2. The largest absolute Gasteiger partial charge is 0.480 e. The number of ether oxygens (including phenoxy) is 1. The van der Waals surface area contributed by atoms with Crippen LogP contribution in [0.1, 0.15) is 30.6 Å². The Bertz CT molecular complexity index is 490. The van der Waals surface area contributed by atoms with Gasteiger partial charge >= 0.3 is 12.6 Å². The van der Waals surface area contributed by atoms with Gasteiger partial charge in [-0.3, -0.25) is 4.79 Å². The molecule has 5 nitrogen and oxygen atoms in total. The highest BCUT2D eigenvalue weighted by molar-refractivity contribution is 5.96. The monoisotopic (exact) mass is 301 g/mol. The first kappa shape index (κ1) is 16.9. The van der Waals surface area contributed by atoms with Crippen LogP contribution in [0.4, 0.5) is 8.78 Å². The highest BCUT2D eigenvalue weighted by Crippen LogP contribution is 2.15. The van der Waals surface area contributed by atoms with Crippen molar-refractivity contribution < 1.29 is 28.2 Å². The van der Waals surface area contributed by atoms with Crippen molar-refractivity contribution >= 4 is 11.9 Å². The molecule has 0 aliphatic rings. The van der Waals surface area contributed by atoms with Gasteiger partial charge in [0.1, 0.15) is 11.8 Å². The van der Waals surface area contributed by atoms with E-state index in [-0.39, 0.29) is 17.2 Å². The fourth-order valence-corrected chi connectivity index (χ4v) is 1.70. The minimum Gasteiger partial charge on any atom is -0.480 e. The Hall–Kier alpha value is -2.18. The van der Waals surface area contributed by atoms with Gasteiger partial charge in [-0.15, -0.1) is 0 Å². The molecule has 0 fully saturated rings. The number of benzene rings is 1. The molecule has 116 valence electrons. The quantitative estimate of drug-likeness (QED) is 0.811. The van der Waals surface area contributed by atoms with E-state index in [0.717, 1.165) is 0 Å². The molecule has 0 spiro atoms. The zero-order valence-electron chi connectivity index (χ0n) is 11.7. The number of carboxylic acids is 1. The Kier molecular flexibility index (Phi) is 6.08. The third-order valence-corrected chi connectivity index (χ3v) is 3.11. The van der Waals surface area contributed by atoms with E-state index in [9.17, 15) is 18.4 Å². The summed E-state index contributed by atoms with van der Waals surface area (Å²) in [6.07, 6.45) is 0.596. The van der Waals surface area contributed by atoms with Gasteiger partial charge < -0.3 is 15.2 Å². The minimum atomic E-state index is -2.94.